The number of aliphatic hydroxyl groups excluding tert-OH is 2. The smallest absolute Gasteiger partial charge is 0.338 e. The summed E-state index contributed by atoms with van der Waals surface area (Å²) in [5.41, 5.74) is -0.843. The molecule has 13 heteroatoms. The van der Waals surface area contributed by atoms with Crippen molar-refractivity contribution in [3.63, 3.8) is 0 Å². The van der Waals surface area contributed by atoms with Crippen LogP contribution in [0.15, 0.2) is 35.9 Å². The van der Waals surface area contributed by atoms with Gasteiger partial charge in [-0.15, -0.1) is 0 Å². The number of ether oxygens (including phenoxy) is 7. The molecule has 1 aliphatic heterocycles. The fourth-order valence-electron chi connectivity index (χ4n) is 12.4. The Morgan fingerprint density at radius 3 is 2.22 bits per heavy atom. The van der Waals surface area contributed by atoms with E-state index in [1.165, 1.54) is 64.6 Å². The van der Waals surface area contributed by atoms with Crippen LogP contribution >= 0.6 is 0 Å². The molecule has 3 saturated carbocycles. The molecular formula is C51H78O13. The molecule has 0 unspecified atom stereocenters. The van der Waals surface area contributed by atoms with Gasteiger partial charge in [-0.25, -0.2) is 4.79 Å². The highest BCUT2D eigenvalue weighted by atomic mass is 16.7. The highest BCUT2D eigenvalue weighted by Crippen LogP contribution is 2.69. The van der Waals surface area contributed by atoms with Crippen molar-refractivity contribution in [2.45, 2.75) is 186 Å². The van der Waals surface area contributed by atoms with E-state index in [-0.39, 0.29) is 49.8 Å². The summed E-state index contributed by atoms with van der Waals surface area (Å²) in [5, 5.41) is 35.2. The van der Waals surface area contributed by atoms with E-state index < -0.39 is 65.5 Å². The average Bonchev–Trinajstić information content (AvgIpc) is 3.51. The molecule has 0 bridgehead atoms. The summed E-state index contributed by atoms with van der Waals surface area (Å²) >= 11 is 0. The second kappa shape index (κ2) is 22.6. The fourth-order valence-corrected chi connectivity index (χ4v) is 12.4. The number of unbranched alkanes of at least 4 members (excludes halogenated alkanes) is 9. The van der Waals surface area contributed by atoms with Gasteiger partial charge < -0.3 is 48.5 Å². The van der Waals surface area contributed by atoms with Crippen LogP contribution in [0.4, 0.5) is 0 Å². The van der Waals surface area contributed by atoms with Crippen LogP contribution in [0.25, 0.3) is 0 Å². The molecule has 360 valence electrons. The van der Waals surface area contributed by atoms with E-state index in [0.29, 0.717) is 36.5 Å². The quantitative estimate of drug-likeness (QED) is 0.0442. The van der Waals surface area contributed by atoms with Gasteiger partial charge in [0.2, 0.25) is 0 Å². The molecule has 5 aliphatic rings. The van der Waals surface area contributed by atoms with Crippen LogP contribution < -0.4 is 4.74 Å². The van der Waals surface area contributed by atoms with E-state index in [9.17, 15) is 29.7 Å². The predicted molar refractivity (Wildman–Crippen MR) is 239 cm³/mol. The Morgan fingerprint density at radius 2 is 1.55 bits per heavy atom. The molecule has 0 amide bonds. The maximum absolute atomic E-state index is 14.2. The fraction of sp³-hybridized carbons (Fsp3) is 0.784. The van der Waals surface area contributed by atoms with Crippen molar-refractivity contribution in [2.75, 3.05) is 33.5 Å². The molecule has 1 saturated heterocycles. The number of hydrogen-bond donors (Lipinski definition) is 3. The summed E-state index contributed by atoms with van der Waals surface area (Å²) in [6.45, 7) is 9.45. The largest absolute Gasteiger partial charge is 0.497 e. The second-order valence-electron chi connectivity index (χ2n) is 19.9. The molecular weight excluding hydrogens is 821 g/mol. The molecule has 4 aliphatic carbocycles. The van der Waals surface area contributed by atoms with Crippen LogP contribution in [-0.2, 0) is 38.0 Å². The number of carbonyl (C=O) groups is 3. The third-order valence-corrected chi connectivity index (χ3v) is 16.1. The minimum atomic E-state index is -1.70. The minimum Gasteiger partial charge on any atom is -0.497 e. The van der Waals surface area contributed by atoms with Gasteiger partial charge in [0.1, 0.15) is 30.2 Å². The molecule has 1 heterocycles. The summed E-state index contributed by atoms with van der Waals surface area (Å²) in [6.07, 6.45) is 12.9. The molecule has 13 atom stereocenters. The Hall–Kier alpha value is -3.07. The van der Waals surface area contributed by atoms with E-state index in [1.807, 2.05) is 0 Å². The number of methoxy groups -OCH3 is 1. The van der Waals surface area contributed by atoms with Gasteiger partial charge >= 0.3 is 17.9 Å². The van der Waals surface area contributed by atoms with Gasteiger partial charge in [0.15, 0.2) is 12.4 Å². The van der Waals surface area contributed by atoms with Crippen LogP contribution in [0.1, 0.15) is 154 Å². The lowest BCUT2D eigenvalue weighted by Gasteiger charge is -2.59. The molecule has 64 heavy (non-hydrogen) atoms. The van der Waals surface area contributed by atoms with Crippen molar-refractivity contribution in [1.82, 2.24) is 0 Å². The van der Waals surface area contributed by atoms with Crippen LogP contribution in [0, 0.1) is 34.5 Å². The Morgan fingerprint density at radius 1 is 0.859 bits per heavy atom. The van der Waals surface area contributed by atoms with Gasteiger partial charge in [0, 0.05) is 12.3 Å². The standard InChI is InChI=1S/C51H78O13/c1-7-8-9-10-11-12-13-14-15-16-27-60-46(55)33(2)51(57)43(31-41-39-22-19-36-30-37(53)23-25-49(36,4)40(39)24-26-50(41,51)5)64-48-45(63-34(3)52)44(42(54)32-62-48)59-28-29-61-47(56)35-17-20-38(58-6)21-18-35/h17-21,33,37,39-45,48,53-54,57H,7-16,22-32H2,1-6H3/t33-,37+,39-,40+,41+,42+,43+,44+,45-,48+,49+,50+,51-/m1/s1. The Balaban J connectivity index is 1.17. The molecule has 0 aromatic heterocycles. The molecule has 1 aromatic rings. The third-order valence-electron chi connectivity index (χ3n) is 16.1. The zero-order valence-corrected chi connectivity index (χ0v) is 39.4. The summed E-state index contributed by atoms with van der Waals surface area (Å²) in [5.74, 6) is -1.55. The van der Waals surface area contributed by atoms with Crippen molar-refractivity contribution >= 4 is 17.9 Å². The number of allylic oxidation sites excluding steroid dienone is 1. The monoisotopic (exact) mass is 899 g/mol. The van der Waals surface area contributed by atoms with E-state index in [0.717, 1.165) is 44.9 Å². The lowest BCUT2D eigenvalue weighted by Crippen LogP contribution is -2.63. The molecule has 4 fully saturated rings. The maximum Gasteiger partial charge on any atom is 0.338 e. The predicted octanol–water partition coefficient (Wildman–Crippen LogP) is 8.04. The van der Waals surface area contributed by atoms with Crippen LogP contribution in [0.2, 0.25) is 0 Å². The van der Waals surface area contributed by atoms with Crippen LogP contribution in [0.3, 0.4) is 0 Å². The first-order chi connectivity index (χ1) is 30.7. The topological polar surface area (TPSA) is 177 Å². The number of benzene rings is 1. The summed E-state index contributed by atoms with van der Waals surface area (Å²) in [6, 6.07) is 6.49. The van der Waals surface area contributed by atoms with Gasteiger partial charge in [-0.05, 0) is 106 Å². The van der Waals surface area contributed by atoms with E-state index >= 15 is 0 Å². The number of aliphatic hydroxyl groups is 3. The van der Waals surface area contributed by atoms with Gasteiger partial charge in [0.25, 0.3) is 0 Å². The Labute approximate surface area is 381 Å². The molecule has 0 spiro atoms. The lowest BCUT2D eigenvalue weighted by atomic mass is 9.46. The van der Waals surface area contributed by atoms with E-state index in [4.69, 9.17) is 33.2 Å². The number of hydrogen-bond acceptors (Lipinski definition) is 13. The highest BCUT2D eigenvalue weighted by Gasteiger charge is 2.71. The van der Waals surface area contributed by atoms with Crippen LogP contribution in [-0.4, -0.2) is 109 Å². The van der Waals surface area contributed by atoms with Crippen molar-refractivity contribution < 1.29 is 62.9 Å². The third kappa shape index (κ3) is 11.0. The average molecular weight is 899 g/mol. The second-order valence-corrected chi connectivity index (χ2v) is 19.9. The van der Waals surface area contributed by atoms with Crippen molar-refractivity contribution in [1.29, 1.82) is 0 Å². The lowest BCUT2D eigenvalue weighted by molar-refractivity contribution is -0.311. The SMILES string of the molecule is CCCCCCCCCCCCOC(=O)[C@@H](C)[C@@]1(O)[C@@H](O[C@@H]2OC[C@H](O)[C@H](OCCOC(=O)c3ccc(OC)cc3)[C@H]2OC(C)=O)C[C@H]2[C@@H]3CC=C4C[C@@H](O)CC[C@]4(C)[C@H]3CC[C@@]21C. The molecule has 6 rings (SSSR count). The number of carbonyl (C=O) groups excluding carboxylic acids is 3. The molecule has 13 nitrogen and oxygen atoms in total. The molecule has 0 radical (unpaired) electrons. The van der Waals surface area contributed by atoms with Gasteiger partial charge in [-0.1, -0.05) is 90.2 Å². The first-order valence-corrected chi connectivity index (χ1v) is 24.5. The number of fused-ring (bicyclic) bond motifs is 5. The summed E-state index contributed by atoms with van der Waals surface area (Å²) in [4.78, 5) is 39.5. The Kier molecular flexibility index (Phi) is 17.8. The zero-order valence-electron chi connectivity index (χ0n) is 39.4. The van der Waals surface area contributed by atoms with Gasteiger partial charge in [-0.3, -0.25) is 9.59 Å². The number of rotatable bonds is 22. The first-order valence-electron chi connectivity index (χ1n) is 24.5. The van der Waals surface area contributed by atoms with Crippen molar-refractivity contribution in [3.05, 3.63) is 41.5 Å². The van der Waals surface area contributed by atoms with E-state index in [1.54, 1.807) is 31.2 Å². The van der Waals surface area contributed by atoms with Gasteiger partial charge in [0.05, 0.1) is 50.6 Å². The first kappa shape index (κ1) is 50.3. The maximum atomic E-state index is 14.2. The zero-order chi connectivity index (χ0) is 46.1. The van der Waals surface area contributed by atoms with Crippen LogP contribution in [0.5, 0.6) is 5.75 Å². The minimum absolute atomic E-state index is 0.0336. The normalized spacial score (nSPS) is 35.0. The Bertz CT molecular complexity index is 1720. The molecule has 3 N–H and O–H groups in total. The van der Waals surface area contributed by atoms with Crippen molar-refractivity contribution in [2.24, 2.45) is 34.5 Å². The highest BCUT2D eigenvalue weighted by molar-refractivity contribution is 5.89. The van der Waals surface area contributed by atoms with Crippen molar-refractivity contribution in [3.8, 4) is 5.75 Å². The van der Waals surface area contributed by atoms with E-state index in [2.05, 4.69) is 26.8 Å². The summed E-state index contributed by atoms with van der Waals surface area (Å²) in [7, 11) is 1.54. The van der Waals surface area contributed by atoms with Gasteiger partial charge in [-0.2, -0.15) is 0 Å². The molecule has 1 aromatic carbocycles. The number of esters is 3. The summed E-state index contributed by atoms with van der Waals surface area (Å²) < 4.78 is 41.4.